The van der Waals surface area contributed by atoms with Gasteiger partial charge >= 0.3 is 0 Å². The lowest BCUT2D eigenvalue weighted by molar-refractivity contribution is -0.135. The number of β-amino-alcohol motifs (C(OH)–C–C–N with tert-alkyl or cyclic N) is 1. The van der Waals surface area contributed by atoms with E-state index in [1.54, 1.807) is 12.0 Å². The fourth-order valence-corrected chi connectivity index (χ4v) is 4.56. The maximum atomic E-state index is 12.9. The highest BCUT2D eigenvalue weighted by atomic mass is 16.5. The Hall–Kier alpha value is -2.12. The van der Waals surface area contributed by atoms with Crippen LogP contribution in [0.4, 0.5) is 0 Å². The number of aliphatic hydroxyl groups is 1. The molecule has 0 bridgehead atoms. The van der Waals surface area contributed by atoms with Gasteiger partial charge < -0.3 is 24.5 Å². The van der Waals surface area contributed by atoms with Crippen LogP contribution < -0.4 is 4.74 Å². The minimum atomic E-state index is -0.299. The monoisotopic (exact) mass is 417 g/mol. The molecular weight excluding hydrogens is 382 g/mol. The zero-order valence-electron chi connectivity index (χ0n) is 18.4. The summed E-state index contributed by atoms with van der Waals surface area (Å²) in [4.78, 5) is 31.3. The first-order valence-electron chi connectivity index (χ1n) is 10.9. The Morgan fingerprint density at radius 1 is 1.27 bits per heavy atom. The van der Waals surface area contributed by atoms with Crippen LogP contribution in [0.1, 0.15) is 31.7 Å². The van der Waals surface area contributed by atoms with Crippen molar-refractivity contribution in [1.29, 1.82) is 0 Å². The normalized spacial score (nSPS) is 21.7. The van der Waals surface area contributed by atoms with Gasteiger partial charge in [-0.05, 0) is 56.5 Å². The largest absolute Gasteiger partial charge is 0.497 e. The molecule has 1 N–H and O–H groups in total. The molecule has 0 radical (unpaired) electrons. The SMILES string of the molecule is COc1ccc(CN2C[C@H](C(=O)N(C)CC3CCN(C[C@H](C)O)CC3)CC2=O)cc1. The van der Waals surface area contributed by atoms with Crippen LogP contribution in [0.5, 0.6) is 5.75 Å². The van der Waals surface area contributed by atoms with Gasteiger partial charge in [-0.25, -0.2) is 0 Å². The topological polar surface area (TPSA) is 73.3 Å². The highest BCUT2D eigenvalue weighted by Gasteiger charge is 2.36. The fourth-order valence-electron chi connectivity index (χ4n) is 4.56. The fraction of sp³-hybridized carbons (Fsp3) is 0.652. The van der Waals surface area contributed by atoms with Crippen LogP contribution in [0.3, 0.4) is 0 Å². The van der Waals surface area contributed by atoms with E-state index in [0.29, 0.717) is 25.4 Å². The van der Waals surface area contributed by atoms with Gasteiger partial charge in [0.05, 0.1) is 19.1 Å². The van der Waals surface area contributed by atoms with Crippen molar-refractivity contribution in [2.75, 3.05) is 46.9 Å². The lowest BCUT2D eigenvalue weighted by Gasteiger charge is -2.34. The van der Waals surface area contributed by atoms with Crippen molar-refractivity contribution in [1.82, 2.24) is 14.7 Å². The number of benzene rings is 1. The van der Waals surface area contributed by atoms with Crippen LogP contribution in [0.25, 0.3) is 0 Å². The molecule has 30 heavy (non-hydrogen) atoms. The smallest absolute Gasteiger partial charge is 0.227 e. The minimum Gasteiger partial charge on any atom is -0.497 e. The summed E-state index contributed by atoms with van der Waals surface area (Å²) >= 11 is 0. The minimum absolute atomic E-state index is 0.0454. The molecular formula is C23H35N3O4. The summed E-state index contributed by atoms with van der Waals surface area (Å²) in [7, 11) is 3.49. The molecule has 2 aliphatic heterocycles. The Labute approximate surface area is 179 Å². The van der Waals surface area contributed by atoms with Crippen LogP contribution in [0.15, 0.2) is 24.3 Å². The van der Waals surface area contributed by atoms with E-state index in [1.165, 1.54) is 0 Å². The predicted molar refractivity (Wildman–Crippen MR) is 115 cm³/mol. The summed E-state index contributed by atoms with van der Waals surface area (Å²) in [6, 6.07) is 7.69. The molecule has 0 aliphatic carbocycles. The van der Waals surface area contributed by atoms with Gasteiger partial charge in [-0.15, -0.1) is 0 Å². The number of likely N-dealkylation sites (tertiary alicyclic amines) is 2. The Morgan fingerprint density at radius 2 is 1.93 bits per heavy atom. The summed E-state index contributed by atoms with van der Waals surface area (Å²) in [5, 5.41) is 9.54. The first-order chi connectivity index (χ1) is 14.4. The second-order valence-electron chi connectivity index (χ2n) is 8.84. The van der Waals surface area contributed by atoms with E-state index < -0.39 is 0 Å². The van der Waals surface area contributed by atoms with Gasteiger partial charge in [-0.1, -0.05) is 12.1 Å². The zero-order valence-corrected chi connectivity index (χ0v) is 18.4. The number of amides is 2. The lowest BCUT2D eigenvalue weighted by Crippen LogP contribution is -2.43. The van der Waals surface area contributed by atoms with Crippen LogP contribution in [-0.4, -0.2) is 84.6 Å². The average Bonchev–Trinajstić information content (AvgIpc) is 3.09. The molecule has 2 atom stereocenters. The van der Waals surface area contributed by atoms with Crippen LogP contribution in [-0.2, 0) is 16.1 Å². The van der Waals surface area contributed by atoms with Crippen molar-refractivity contribution >= 4 is 11.8 Å². The van der Waals surface area contributed by atoms with Crippen molar-refractivity contribution in [2.45, 2.75) is 38.8 Å². The molecule has 7 heteroatoms. The van der Waals surface area contributed by atoms with Gasteiger partial charge in [-0.2, -0.15) is 0 Å². The van der Waals surface area contributed by atoms with E-state index in [1.807, 2.05) is 43.1 Å². The summed E-state index contributed by atoms with van der Waals surface area (Å²) < 4.78 is 5.18. The molecule has 2 amide bonds. The van der Waals surface area contributed by atoms with Gasteiger partial charge in [0.25, 0.3) is 0 Å². The van der Waals surface area contributed by atoms with Crippen molar-refractivity contribution in [3.8, 4) is 5.75 Å². The molecule has 2 aliphatic rings. The Balaban J connectivity index is 1.46. The van der Waals surface area contributed by atoms with Crippen molar-refractivity contribution in [3.05, 3.63) is 29.8 Å². The Morgan fingerprint density at radius 3 is 2.53 bits per heavy atom. The third-order valence-corrected chi connectivity index (χ3v) is 6.23. The van der Waals surface area contributed by atoms with E-state index in [0.717, 1.165) is 50.3 Å². The quantitative estimate of drug-likeness (QED) is 0.696. The van der Waals surface area contributed by atoms with Gasteiger partial charge in [0.15, 0.2) is 0 Å². The number of ether oxygens (including phenoxy) is 1. The molecule has 1 aromatic carbocycles. The second kappa shape index (κ2) is 10.3. The van der Waals surface area contributed by atoms with E-state index in [9.17, 15) is 14.7 Å². The van der Waals surface area contributed by atoms with Gasteiger partial charge in [-0.3, -0.25) is 9.59 Å². The molecule has 3 rings (SSSR count). The standard InChI is InChI=1S/C23H35N3O4/c1-17(27)13-25-10-8-19(9-11-25)14-24(2)23(29)20-12-22(28)26(16-20)15-18-4-6-21(30-3)7-5-18/h4-7,17,19-20,27H,8-16H2,1-3H3/t17-,20+/m0/s1. The number of carbonyl (C=O) groups is 2. The predicted octanol–water partition coefficient (Wildman–Crippen LogP) is 1.59. The van der Waals surface area contributed by atoms with Crippen LogP contribution >= 0.6 is 0 Å². The van der Waals surface area contributed by atoms with Crippen LogP contribution in [0, 0.1) is 11.8 Å². The summed E-state index contributed by atoms with van der Waals surface area (Å²) in [6.45, 7) is 6.23. The van der Waals surface area contributed by atoms with Crippen LogP contribution in [0.2, 0.25) is 0 Å². The second-order valence-corrected chi connectivity index (χ2v) is 8.84. The highest BCUT2D eigenvalue weighted by molar-refractivity contribution is 5.89. The van der Waals surface area contributed by atoms with Crippen molar-refractivity contribution in [3.63, 3.8) is 0 Å². The highest BCUT2D eigenvalue weighted by Crippen LogP contribution is 2.24. The maximum Gasteiger partial charge on any atom is 0.227 e. The van der Waals surface area contributed by atoms with E-state index in [2.05, 4.69) is 4.90 Å². The first kappa shape index (κ1) is 22.6. The number of carbonyl (C=O) groups excluding carboxylic acids is 2. The lowest BCUT2D eigenvalue weighted by atomic mass is 9.95. The van der Waals surface area contributed by atoms with Gasteiger partial charge in [0.1, 0.15) is 5.75 Å². The number of nitrogens with zero attached hydrogens (tertiary/aromatic N) is 3. The number of rotatable bonds is 8. The number of piperidine rings is 1. The average molecular weight is 418 g/mol. The molecule has 7 nitrogen and oxygen atoms in total. The number of methoxy groups -OCH3 is 1. The molecule has 1 aromatic rings. The summed E-state index contributed by atoms with van der Waals surface area (Å²) in [6.07, 6.45) is 2.08. The molecule has 0 saturated carbocycles. The number of hydrogen-bond acceptors (Lipinski definition) is 5. The zero-order chi connectivity index (χ0) is 21.7. The Bertz CT molecular complexity index is 714. The molecule has 0 unspecified atom stereocenters. The Kier molecular flexibility index (Phi) is 7.72. The van der Waals surface area contributed by atoms with E-state index in [4.69, 9.17) is 4.74 Å². The summed E-state index contributed by atoms with van der Waals surface area (Å²) in [5.74, 6) is 1.14. The number of hydrogen-bond donors (Lipinski definition) is 1. The molecule has 0 spiro atoms. The molecule has 2 saturated heterocycles. The van der Waals surface area contributed by atoms with Gasteiger partial charge in [0, 0.05) is 39.6 Å². The molecule has 2 heterocycles. The maximum absolute atomic E-state index is 12.9. The van der Waals surface area contributed by atoms with Gasteiger partial charge in [0.2, 0.25) is 11.8 Å². The van der Waals surface area contributed by atoms with Crippen molar-refractivity contribution in [2.24, 2.45) is 11.8 Å². The van der Waals surface area contributed by atoms with Crippen molar-refractivity contribution < 1.29 is 19.4 Å². The summed E-state index contributed by atoms with van der Waals surface area (Å²) in [5.41, 5.74) is 1.04. The molecule has 2 fully saturated rings. The number of aliphatic hydroxyl groups excluding tert-OH is 1. The molecule has 0 aromatic heterocycles. The third-order valence-electron chi connectivity index (χ3n) is 6.23. The molecule has 166 valence electrons. The third kappa shape index (κ3) is 5.95. The first-order valence-corrected chi connectivity index (χ1v) is 10.9. The van der Waals surface area contributed by atoms with E-state index in [-0.39, 0.29) is 23.8 Å². The van der Waals surface area contributed by atoms with E-state index >= 15 is 0 Å².